The first-order chi connectivity index (χ1) is 13.9. The second-order valence-electron chi connectivity index (χ2n) is 9.57. The Morgan fingerprint density at radius 2 is 1.03 bits per heavy atom. The molecule has 2 fully saturated rings. The van der Waals surface area contributed by atoms with Gasteiger partial charge in [0.05, 0.1) is 25.4 Å². The first-order valence-electron chi connectivity index (χ1n) is 10.5. The van der Waals surface area contributed by atoms with E-state index in [2.05, 4.69) is 52.0 Å². The highest BCUT2D eigenvalue weighted by molar-refractivity contribution is 5.17. The minimum atomic E-state index is -0.331. The molecule has 0 aromatic heterocycles. The first-order valence-corrected chi connectivity index (χ1v) is 10.5. The van der Waals surface area contributed by atoms with Crippen LogP contribution in [0.4, 0.5) is 0 Å². The first kappa shape index (κ1) is 20.5. The topological polar surface area (TPSA) is 36.9 Å². The quantitative estimate of drug-likeness (QED) is 0.668. The molecule has 2 aromatic carbocycles. The van der Waals surface area contributed by atoms with Gasteiger partial charge in [-0.05, 0) is 0 Å². The molecule has 0 aliphatic carbocycles. The van der Waals surface area contributed by atoms with E-state index in [0.717, 1.165) is 17.5 Å². The Balaban J connectivity index is 1.51. The summed E-state index contributed by atoms with van der Waals surface area (Å²) in [7, 11) is 0. The summed E-state index contributed by atoms with van der Waals surface area (Å²) in [6.07, 6.45) is 0.198. The van der Waals surface area contributed by atoms with Crippen LogP contribution in [0.2, 0.25) is 0 Å². The molecule has 0 saturated carbocycles. The Morgan fingerprint density at radius 1 is 0.655 bits per heavy atom. The van der Waals surface area contributed by atoms with Gasteiger partial charge in [-0.2, -0.15) is 0 Å². The van der Waals surface area contributed by atoms with E-state index in [1.807, 2.05) is 36.4 Å². The maximum Gasteiger partial charge on any atom is 0.184 e. The van der Waals surface area contributed by atoms with Crippen molar-refractivity contribution in [3.63, 3.8) is 0 Å². The fraction of sp³-hybridized carbons (Fsp3) is 0.520. The van der Waals surface area contributed by atoms with Crippen molar-refractivity contribution >= 4 is 0 Å². The minimum absolute atomic E-state index is 0.0280. The van der Waals surface area contributed by atoms with Crippen LogP contribution in [0.5, 0.6) is 0 Å². The summed E-state index contributed by atoms with van der Waals surface area (Å²) >= 11 is 0. The molecule has 0 amide bonds. The van der Waals surface area contributed by atoms with Crippen LogP contribution in [-0.4, -0.2) is 25.4 Å². The number of hydrogen-bond acceptors (Lipinski definition) is 4. The molecule has 2 heterocycles. The van der Waals surface area contributed by atoms with Gasteiger partial charge in [-0.3, -0.25) is 0 Å². The predicted octanol–water partition coefficient (Wildman–Crippen LogP) is 5.66. The molecule has 156 valence electrons. The standard InChI is InChI=1S/C25H32O4/c1-24(2)16-26-22(18-11-7-5-8-12-18)28-20(24)15-21-25(3,4)17-27-23(29-21)19-13-9-6-10-14-19/h5-14,20-23H,15-17H2,1-4H3/t20-,21-,22+,23+/m1/s1. The average molecular weight is 397 g/mol. The van der Waals surface area contributed by atoms with Gasteiger partial charge < -0.3 is 18.9 Å². The summed E-state index contributed by atoms with van der Waals surface area (Å²) in [6, 6.07) is 20.3. The molecule has 2 saturated heterocycles. The van der Waals surface area contributed by atoms with Crippen LogP contribution in [0.3, 0.4) is 0 Å². The largest absolute Gasteiger partial charge is 0.348 e. The van der Waals surface area contributed by atoms with Gasteiger partial charge in [-0.1, -0.05) is 88.4 Å². The highest BCUT2D eigenvalue weighted by Gasteiger charge is 2.45. The lowest BCUT2D eigenvalue weighted by molar-refractivity contribution is -0.300. The Bertz CT molecular complexity index is 719. The van der Waals surface area contributed by atoms with Crippen LogP contribution in [0.15, 0.2) is 60.7 Å². The average Bonchev–Trinajstić information content (AvgIpc) is 2.72. The van der Waals surface area contributed by atoms with Gasteiger partial charge in [0.2, 0.25) is 0 Å². The van der Waals surface area contributed by atoms with Crippen LogP contribution < -0.4 is 0 Å². The molecule has 0 unspecified atom stereocenters. The van der Waals surface area contributed by atoms with Crippen LogP contribution in [0.1, 0.15) is 57.8 Å². The zero-order valence-corrected chi connectivity index (χ0v) is 17.8. The van der Waals surface area contributed by atoms with Crippen molar-refractivity contribution < 1.29 is 18.9 Å². The van der Waals surface area contributed by atoms with E-state index in [4.69, 9.17) is 18.9 Å². The van der Waals surface area contributed by atoms with E-state index in [1.165, 1.54) is 0 Å². The molecule has 0 N–H and O–H groups in total. The summed E-state index contributed by atoms with van der Waals surface area (Å²) in [4.78, 5) is 0. The second-order valence-corrected chi connectivity index (χ2v) is 9.57. The van der Waals surface area contributed by atoms with Crippen molar-refractivity contribution in [1.29, 1.82) is 0 Å². The third-order valence-corrected chi connectivity index (χ3v) is 6.10. The third-order valence-electron chi connectivity index (χ3n) is 6.10. The van der Waals surface area contributed by atoms with E-state index in [9.17, 15) is 0 Å². The van der Waals surface area contributed by atoms with Crippen LogP contribution >= 0.6 is 0 Å². The molecule has 4 rings (SSSR count). The Hall–Kier alpha value is -1.72. The van der Waals surface area contributed by atoms with Crippen molar-refractivity contribution in [2.45, 2.75) is 58.9 Å². The third kappa shape index (κ3) is 4.56. The molecule has 4 atom stereocenters. The number of ether oxygens (including phenoxy) is 4. The molecular formula is C25H32O4. The number of rotatable bonds is 4. The molecule has 0 radical (unpaired) electrons. The fourth-order valence-electron chi connectivity index (χ4n) is 4.03. The van der Waals surface area contributed by atoms with Gasteiger partial charge in [0.1, 0.15) is 0 Å². The minimum Gasteiger partial charge on any atom is -0.348 e. The molecule has 2 aliphatic heterocycles. The van der Waals surface area contributed by atoms with Gasteiger partial charge in [-0.25, -0.2) is 0 Å². The van der Waals surface area contributed by atoms with Gasteiger partial charge in [0.25, 0.3) is 0 Å². The number of benzene rings is 2. The lowest BCUT2D eigenvalue weighted by Crippen LogP contribution is -2.50. The lowest BCUT2D eigenvalue weighted by atomic mass is 9.77. The molecule has 4 heteroatoms. The van der Waals surface area contributed by atoms with E-state index in [0.29, 0.717) is 13.2 Å². The fourth-order valence-corrected chi connectivity index (χ4v) is 4.03. The molecule has 2 aromatic rings. The van der Waals surface area contributed by atoms with E-state index in [-0.39, 0.29) is 35.6 Å². The van der Waals surface area contributed by atoms with E-state index in [1.54, 1.807) is 0 Å². The zero-order chi connectivity index (χ0) is 20.5. The Labute approximate surface area is 174 Å². The van der Waals surface area contributed by atoms with Crippen molar-refractivity contribution in [3.05, 3.63) is 71.8 Å². The normalized spacial score (nSPS) is 31.3. The maximum atomic E-state index is 6.48. The molecule has 2 aliphatic rings. The van der Waals surface area contributed by atoms with Crippen molar-refractivity contribution in [3.8, 4) is 0 Å². The maximum absolute atomic E-state index is 6.48. The molecule has 0 spiro atoms. The summed E-state index contributed by atoms with van der Waals surface area (Å²) in [5.41, 5.74) is 1.93. The molecule has 4 nitrogen and oxygen atoms in total. The smallest absolute Gasteiger partial charge is 0.184 e. The van der Waals surface area contributed by atoms with E-state index >= 15 is 0 Å². The van der Waals surface area contributed by atoms with Gasteiger partial charge in [0.15, 0.2) is 12.6 Å². The van der Waals surface area contributed by atoms with Crippen LogP contribution in [-0.2, 0) is 18.9 Å². The number of hydrogen-bond donors (Lipinski definition) is 0. The molecule has 0 bridgehead atoms. The van der Waals surface area contributed by atoms with E-state index < -0.39 is 0 Å². The molecular weight excluding hydrogens is 364 g/mol. The van der Waals surface area contributed by atoms with Crippen LogP contribution in [0.25, 0.3) is 0 Å². The lowest BCUT2D eigenvalue weighted by Gasteiger charge is -2.48. The Morgan fingerprint density at radius 3 is 1.41 bits per heavy atom. The summed E-state index contributed by atoms with van der Waals surface area (Å²) in [6.45, 7) is 10.1. The SMILES string of the molecule is CC1(C)CO[C@H](c2ccccc2)O[C@@H]1C[C@H]1O[C@@H](c2ccccc2)OCC1(C)C. The highest BCUT2D eigenvalue weighted by atomic mass is 16.7. The monoisotopic (exact) mass is 396 g/mol. The van der Waals surface area contributed by atoms with Crippen LogP contribution in [0, 0.1) is 10.8 Å². The molecule has 29 heavy (non-hydrogen) atoms. The Kier molecular flexibility index (Phi) is 5.80. The van der Waals surface area contributed by atoms with Crippen molar-refractivity contribution in [1.82, 2.24) is 0 Å². The van der Waals surface area contributed by atoms with Gasteiger partial charge >= 0.3 is 0 Å². The zero-order valence-electron chi connectivity index (χ0n) is 17.8. The second kappa shape index (κ2) is 8.19. The van der Waals surface area contributed by atoms with Gasteiger partial charge in [0, 0.05) is 28.4 Å². The van der Waals surface area contributed by atoms with Gasteiger partial charge in [-0.15, -0.1) is 0 Å². The highest BCUT2D eigenvalue weighted by Crippen LogP contribution is 2.44. The summed E-state index contributed by atoms with van der Waals surface area (Å²) in [5.74, 6) is 0. The summed E-state index contributed by atoms with van der Waals surface area (Å²) < 4.78 is 25.1. The van der Waals surface area contributed by atoms with Crippen molar-refractivity contribution in [2.24, 2.45) is 10.8 Å². The van der Waals surface area contributed by atoms with Crippen molar-refractivity contribution in [2.75, 3.05) is 13.2 Å². The summed E-state index contributed by atoms with van der Waals surface area (Å²) in [5, 5.41) is 0. The predicted molar refractivity (Wildman–Crippen MR) is 112 cm³/mol.